The zero-order chi connectivity index (χ0) is 17.2. The molecule has 0 amide bonds. The van der Waals surface area contributed by atoms with Crippen molar-refractivity contribution in [3.8, 4) is 11.3 Å². The standard InChI is InChI=1S/C17H15ClN2O2S2/c1-2-20-16(13-6-4-3-5-7-13)12-23-17(20)19-24(21,22)15-10-8-14(18)9-11-15/h3-12H,2H2,1H3. The monoisotopic (exact) mass is 378 g/mol. The van der Waals surface area contributed by atoms with Crippen LogP contribution < -0.4 is 4.80 Å². The number of aromatic nitrogens is 1. The van der Waals surface area contributed by atoms with Gasteiger partial charge < -0.3 is 4.57 Å². The maximum atomic E-state index is 12.5. The van der Waals surface area contributed by atoms with E-state index >= 15 is 0 Å². The molecule has 3 rings (SSSR count). The van der Waals surface area contributed by atoms with Gasteiger partial charge in [-0.3, -0.25) is 0 Å². The molecule has 0 aliphatic rings. The molecule has 0 aliphatic carbocycles. The van der Waals surface area contributed by atoms with E-state index < -0.39 is 10.0 Å². The maximum Gasteiger partial charge on any atom is 0.285 e. The van der Waals surface area contributed by atoms with E-state index in [0.717, 1.165) is 11.3 Å². The summed E-state index contributed by atoms with van der Waals surface area (Å²) >= 11 is 7.12. The predicted molar refractivity (Wildman–Crippen MR) is 97.6 cm³/mol. The van der Waals surface area contributed by atoms with Gasteiger partial charge in [0.15, 0.2) is 0 Å². The zero-order valence-electron chi connectivity index (χ0n) is 12.9. The van der Waals surface area contributed by atoms with Gasteiger partial charge in [-0.1, -0.05) is 41.9 Å². The molecule has 0 aliphatic heterocycles. The van der Waals surface area contributed by atoms with Crippen molar-refractivity contribution in [3.05, 3.63) is 69.8 Å². The van der Waals surface area contributed by atoms with Crippen molar-refractivity contribution in [1.82, 2.24) is 4.57 Å². The molecule has 0 unspecified atom stereocenters. The topological polar surface area (TPSA) is 51.4 Å². The number of sulfonamides is 1. The van der Waals surface area contributed by atoms with E-state index in [9.17, 15) is 8.42 Å². The average molecular weight is 379 g/mol. The molecule has 7 heteroatoms. The van der Waals surface area contributed by atoms with Crippen molar-refractivity contribution in [2.45, 2.75) is 18.4 Å². The smallest absolute Gasteiger partial charge is 0.285 e. The molecular weight excluding hydrogens is 364 g/mol. The number of benzene rings is 2. The molecule has 1 heterocycles. The molecule has 0 radical (unpaired) electrons. The molecule has 0 fully saturated rings. The van der Waals surface area contributed by atoms with Crippen LogP contribution in [0.1, 0.15) is 6.92 Å². The second-order valence-corrected chi connectivity index (χ2v) is 7.91. The molecular formula is C17H15ClN2O2S2. The van der Waals surface area contributed by atoms with Crippen molar-refractivity contribution in [1.29, 1.82) is 0 Å². The van der Waals surface area contributed by atoms with Gasteiger partial charge in [-0.2, -0.15) is 8.42 Å². The third kappa shape index (κ3) is 3.45. The van der Waals surface area contributed by atoms with E-state index in [-0.39, 0.29) is 4.90 Å². The lowest BCUT2D eigenvalue weighted by atomic mass is 10.2. The van der Waals surface area contributed by atoms with Crippen molar-refractivity contribution in [3.63, 3.8) is 0 Å². The minimum Gasteiger partial charge on any atom is -0.316 e. The fourth-order valence-corrected chi connectivity index (χ4v) is 4.63. The molecule has 2 aromatic carbocycles. The third-order valence-corrected chi connectivity index (χ3v) is 6.01. The first-order chi connectivity index (χ1) is 11.5. The van der Waals surface area contributed by atoms with E-state index in [2.05, 4.69) is 4.40 Å². The second-order valence-electron chi connectivity index (χ2n) is 5.03. The highest BCUT2D eigenvalue weighted by Gasteiger charge is 2.14. The lowest BCUT2D eigenvalue weighted by Gasteiger charge is -2.06. The Morgan fingerprint density at radius 3 is 2.38 bits per heavy atom. The molecule has 0 bridgehead atoms. The van der Waals surface area contributed by atoms with Crippen molar-refractivity contribution >= 4 is 33.0 Å². The molecule has 4 nitrogen and oxygen atoms in total. The number of halogens is 1. The van der Waals surface area contributed by atoms with Crippen LogP contribution in [0.2, 0.25) is 5.02 Å². The number of thiazole rings is 1. The van der Waals surface area contributed by atoms with Gasteiger partial charge in [-0.25, -0.2) is 0 Å². The third-order valence-electron chi connectivity index (χ3n) is 3.49. The maximum absolute atomic E-state index is 12.5. The number of rotatable bonds is 4. The van der Waals surface area contributed by atoms with Gasteiger partial charge in [0.1, 0.15) is 0 Å². The van der Waals surface area contributed by atoms with E-state index in [0.29, 0.717) is 16.4 Å². The molecule has 1 aromatic heterocycles. The lowest BCUT2D eigenvalue weighted by molar-refractivity contribution is 0.595. The summed E-state index contributed by atoms with van der Waals surface area (Å²) < 4.78 is 30.9. The summed E-state index contributed by atoms with van der Waals surface area (Å²) in [5.41, 5.74) is 1.98. The van der Waals surface area contributed by atoms with Gasteiger partial charge >= 0.3 is 0 Å². The predicted octanol–water partition coefficient (Wildman–Crippen LogP) is 4.18. The van der Waals surface area contributed by atoms with E-state index in [1.165, 1.54) is 23.5 Å². The molecule has 0 saturated heterocycles. The zero-order valence-corrected chi connectivity index (χ0v) is 15.3. The SMILES string of the molecule is CCn1c(-c2ccccc2)csc1=NS(=O)(=O)c1ccc(Cl)cc1. The van der Waals surface area contributed by atoms with E-state index in [1.807, 2.05) is 47.2 Å². The molecule has 24 heavy (non-hydrogen) atoms. The van der Waals surface area contributed by atoms with Crippen LogP contribution in [-0.2, 0) is 16.6 Å². The summed E-state index contributed by atoms with van der Waals surface area (Å²) in [4.78, 5) is 0.579. The van der Waals surface area contributed by atoms with Gasteiger partial charge in [-0.15, -0.1) is 15.7 Å². The molecule has 124 valence electrons. The Bertz CT molecular complexity index is 1000. The highest BCUT2D eigenvalue weighted by Crippen LogP contribution is 2.20. The summed E-state index contributed by atoms with van der Waals surface area (Å²) in [6.45, 7) is 2.59. The second kappa shape index (κ2) is 6.93. The van der Waals surface area contributed by atoms with Crippen molar-refractivity contribution < 1.29 is 8.42 Å². The average Bonchev–Trinajstić information content (AvgIpc) is 2.98. The first-order valence-corrected chi connectivity index (χ1v) is 10.0. The molecule has 0 spiro atoms. The number of hydrogen-bond acceptors (Lipinski definition) is 3. The van der Waals surface area contributed by atoms with Crippen LogP contribution in [0.4, 0.5) is 0 Å². The van der Waals surface area contributed by atoms with Crippen LogP contribution >= 0.6 is 22.9 Å². The Labute approximate surface area is 149 Å². The van der Waals surface area contributed by atoms with E-state index in [4.69, 9.17) is 11.6 Å². The Kier molecular flexibility index (Phi) is 4.89. The summed E-state index contributed by atoms with van der Waals surface area (Å²) in [6, 6.07) is 15.8. The summed E-state index contributed by atoms with van der Waals surface area (Å²) in [5.74, 6) is 0. The lowest BCUT2D eigenvalue weighted by Crippen LogP contribution is -2.17. The molecule has 0 saturated carbocycles. The first-order valence-electron chi connectivity index (χ1n) is 7.31. The highest BCUT2D eigenvalue weighted by molar-refractivity contribution is 7.90. The van der Waals surface area contributed by atoms with Crippen molar-refractivity contribution in [2.75, 3.05) is 0 Å². The van der Waals surface area contributed by atoms with Gasteiger partial charge in [0.25, 0.3) is 10.0 Å². The van der Waals surface area contributed by atoms with Crippen LogP contribution in [0.15, 0.2) is 69.3 Å². The van der Waals surface area contributed by atoms with Crippen LogP contribution in [0.3, 0.4) is 0 Å². The Morgan fingerprint density at radius 1 is 1.08 bits per heavy atom. The largest absolute Gasteiger partial charge is 0.316 e. The molecule has 0 N–H and O–H groups in total. The van der Waals surface area contributed by atoms with Gasteiger partial charge in [-0.05, 0) is 36.8 Å². The number of nitrogens with zero attached hydrogens (tertiary/aromatic N) is 2. The van der Waals surface area contributed by atoms with Gasteiger partial charge in [0.05, 0.1) is 10.6 Å². The molecule has 3 aromatic rings. The molecule has 0 atom stereocenters. The fraction of sp³-hybridized carbons (Fsp3) is 0.118. The quantitative estimate of drug-likeness (QED) is 0.683. The normalized spacial score (nSPS) is 12.5. The van der Waals surface area contributed by atoms with Gasteiger partial charge in [0.2, 0.25) is 4.80 Å². The number of hydrogen-bond donors (Lipinski definition) is 0. The highest BCUT2D eigenvalue weighted by atomic mass is 35.5. The van der Waals surface area contributed by atoms with E-state index in [1.54, 1.807) is 12.1 Å². The fourth-order valence-electron chi connectivity index (χ4n) is 2.31. The minimum absolute atomic E-state index is 0.129. The van der Waals surface area contributed by atoms with Crippen molar-refractivity contribution in [2.24, 2.45) is 4.40 Å². The Balaban J connectivity index is 2.11. The van der Waals surface area contributed by atoms with Crippen LogP contribution in [-0.4, -0.2) is 13.0 Å². The Hall–Kier alpha value is -1.89. The first kappa shape index (κ1) is 17.0. The van der Waals surface area contributed by atoms with Crippen LogP contribution in [0.5, 0.6) is 0 Å². The summed E-state index contributed by atoms with van der Waals surface area (Å²) in [5, 5.41) is 2.41. The summed E-state index contributed by atoms with van der Waals surface area (Å²) in [6.07, 6.45) is 0. The van der Waals surface area contributed by atoms with Crippen LogP contribution in [0.25, 0.3) is 11.3 Å². The van der Waals surface area contributed by atoms with Crippen LogP contribution in [0, 0.1) is 0 Å². The summed E-state index contributed by atoms with van der Waals surface area (Å²) in [7, 11) is -3.78. The minimum atomic E-state index is -3.78. The Morgan fingerprint density at radius 2 is 1.75 bits per heavy atom. The van der Waals surface area contributed by atoms with Gasteiger partial charge in [0, 0.05) is 16.9 Å².